The Labute approximate surface area is 127 Å². The van der Waals surface area contributed by atoms with Crippen LogP contribution in [0.15, 0.2) is 29.9 Å². The van der Waals surface area contributed by atoms with E-state index in [0.717, 1.165) is 5.01 Å². The van der Waals surface area contributed by atoms with E-state index in [2.05, 4.69) is 27.1 Å². The van der Waals surface area contributed by atoms with Gasteiger partial charge in [0.1, 0.15) is 12.3 Å². The topological polar surface area (TPSA) is 75.1 Å². The molecule has 0 aromatic carbocycles. The average Bonchev–Trinajstić information content (AvgIpc) is 3.05. The van der Waals surface area contributed by atoms with Crippen LogP contribution in [0.4, 0.5) is 0 Å². The first-order valence-corrected chi connectivity index (χ1v) is 7.32. The van der Waals surface area contributed by atoms with E-state index in [1.54, 1.807) is 35.9 Å². The Balaban J connectivity index is 2.04. The zero-order valence-electron chi connectivity index (χ0n) is 11.5. The second kappa shape index (κ2) is 7.53. The fourth-order valence-electron chi connectivity index (χ4n) is 1.72. The van der Waals surface area contributed by atoms with Crippen LogP contribution >= 0.6 is 11.3 Å². The molecule has 5 nitrogen and oxygen atoms in total. The number of rotatable bonds is 4. The number of hydrogen-bond donors (Lipinski definition) is 2. The highest BCUT2D eigenvalue weighted by Gasteiger charge is 2.14. The Kier molecular flexibility index (Phi) is 5.43. The van der Waals surface area contributed by atoms with Crippen molar-refractivity contribution in [3.05, 3.63) is 46.2 Å². The molecular weight excluding hydrogens is 286 g/mol. The van der Waals surface area contributed by atoms with Crippen LogP contribution in [0.2, 0.25) is 0 Å². The van der Waals surface area contributed by atoms with Gasteiger partial charge in [0.15, 0.2) is 0 Å². The minimum absolute atomic E-state index is 0.143. The Bertz CT molecular complexity index is 659. The maximum atomic E-state index is 12.2. The minimum Gasteiger partial charge on any atom is -0.384 e. The van der Waals surface area contributed by atoms with Crippen molar-refractivity contribution in [2.45, 2.75) is 12.8 Å². The maximum Gasteiger partial charge on any atom is 0.271 e. The molecule has 0 bridgehead atoms. The van der Waals surface area contributed by atoms with E-state index in [1.807, 2.05) is 12.3 Å². The quantitative estimate of drug-likeness (QED) is 0.837. The van der Waals surface area contributed by atoms with Crippen molar-refractivity contribution in [2.24, 2.45) is 0 Å². The van der Waals surface area contributed by atoms with Crippen molar-refractivity contribution in [1.29, 1.82) is 0 Å². The number of thiazole rings is 1. The van der Waals surface area contributed by atoms with Crippen LogP contribution < -0.4 is 5.32 Å². The van der Waals surface area contributed by atoms with E-state index in [9.17, 15) is 4.79 Å². The van der Waals surface area contributed by atoms with Gasteiger partial charge in [-0.15, -0.1) is 11.3 Å². The van der Waals surface area contributed by atoms with Gasteiger partial charge in [-0.2, -0.15) is 0 Å². The number of aromatic nitrogens is 2. The number of aliphatic hydroxyl groups is 1. The molecule has 6 heteroatoms. The normalized spacial score (nSPS) is 11.3. The number of carbonyl (C=O) groups is 1. The Morgan fingerprint density at radius 2 is 2.33 bits per heavy atom. The van der Waals surface area contributed by atoms with Crippen LogP contribution in [0.3, 0.4) is 0 Å². The summed E-state index contributed by atoms with van der Waals surface area (Å²) < 4.78 is 0. The second-order valence-corrected chi connectivity index (χ2v) is 5.27. The van der Waals surface area contributed by atoms with Gasteiger partial charge in [-0.1, -0.05) is 18.8 Å². The summed E-state index contributed by atoms with van der Waals surface area (Å²) in [6.45, 7) is 2.23. The van der Waals surface area contributed by atoms with Gasteiger partial charge in [-0.05, 0) is 12.1 Å². The number of aliphatic hydroxyl groups excluding tert-OH is 1. The van der Waals surface area contributed by atoms with Gasteiger partial charge in [0.05, 0.1) is 10.6 Å². The summed E-state index contributed by atoms with van der Waals surface area (Å²) in [7, 11) is 0. The maximum absolute atomic E-state index is 12.2. The van der Waals surface area contributed by atoms with Crippen molar-refractivity contribution in [2.75, 3.05) is 13.2 Å². The number of carbonyl (C=O) groups excluding carboxylic acids is 1. The van der Waals surface area contributed by atoms with Gasteiger partial charge >= 0.3 is 0 Å². The Hall–Kier alpha value is -2.23. The van der Waals surface area contributed by atoms with Gasteiger partial charge in [0.25, 0.3) is 5.91 Å². The van der Waals surface area contributed by atoms with Gasteiger partial charge < -0.3 is 10.4 Å². The number of nitrogens with zero attached hydrogens (tertiary/aromatic N) is 2. The summed E-state index contributed by atoms with van der Waals surface area (Å²) in [5.74, 6) is 5.12. The molecule has 1 amide bonds. The molecule has 0 saturated carbocycles. The largest absolute Gasteiger partial charge is 0.384 e. The Morgan fingerprint density at radius 1 is 1.48 bits per heavy atom. The lowest BCUT2D eigenvalue weighted by molar-refractivity contribution is 0.0946. The van der Waals surface area contributed by atoms with Gasteiger partial charge in [0.2, 0.25) is 0 Å². The first-order chi connectivity index (χ1) is 10.2. The lowest BCUT2D eigenvalue weighted by Crippen LogP contribution is -2.28. The lowest BCUT2D eigenvalue weighted by atomic mass is 10.1. The lowest BCUT2D eigenvalue weighted by Gasteiger charge is -2.10. The fraction of sp³-hybridized carbons (Fsp3) is 0.267. The van der Waals surface area contributed by atoms with Crippen LogP contribution in [0.1, 0.15) is 33.9 Å². The Morgan fingerprint density at radius 3 is 3.05 bits per heavy atom. The molecule has 1 atom stereocenters. The fourth-order valence-corrected chi connectivity index (χ4v) is 2.42. The van der Waals surface area contributed by atoms with Crippen molar-refractivity contribution in [3.63, 3.8) is 0 Å². The summed E-state index contributed by atoms with van der Waals surface area (Å²) in [4.78, 5) is 20.5. The third-order valence-electron chi connectivity index (χ3n) is 2.77. The summed E-state index contributed by atoms with van der Waals surface area (Å²) in [5.41, 5.74) is 0.774. The van der Waals surface area contributed by atoms with Crippen LogP contribution in [-0.4, -0.2) is 34.1 Å². The zero-order valence-corrected chi connectivity index (χ0v) is 12.4. The van der Waals surface area contributed by atoms with E-state index >= 15 is 0 Å². The van der Waals surface area contributed by atoms with E-state index < -0.39 is 0 Å². The highest BCUT2D eigenvalue weighted by Crippen LogP contribution is 2.16. The smallest absolute Gasteiger partial charge is 0.271 e. The van der Waals surface area contributed by atoms with Crippen molar-refractivity contribution in [1.82, 2.24) is 15.3 Å². The molecule has 21 heavy (non-hydrogen) atoms. The SMILES string of the molecule is CC(CNC(=O)c1ncccc1C#CCO)c1nccs1. The molecule has 2 aromatic rings. The molecule has 0 spiro atoms. The van der Waals surface area contributed by atoms with Crippen molar-refractivity contribution >= 4 is 17.2 Å². The van der Waals surface area contributed by atoms with Crippen LogP contribution in [0.5, 0.6) is 0 Å². The molecule has 2 rings (SSSR count). The van der Waals surface area contributed by atoms with E-state index in [1.165, 1.54) is 0 Å². The molecule has 0 fully saturated rings. The average molecular weight is 301 g/mol. The summed E-state index contributed by atoms with van der Waals surface area (Å²) in [5, 5.41) is 14.5. The summed E-state index contributed by atoms with van der Waals surface area (Å²) in [6.07, 6.45) is 3.29. The molecule has 108 valence electrons. The van der Waals surface area contributed by atoms with Crippen LogP contribution in [0, 0.1) is 11.8 Å². The molecule has 0 aliphatic rings. The number of nitrogens with one attached hydrogen (secondary N) is 1. The first kappa shape index (κ1) is 15.2. The van der Waals surface area contributed by atoms with E-state index in [-0.39, 0.29) is 24.1 Å². The molecule has 0 aliphatic carbocycles. The molecule has 2 N–H and O–H groups in total. The predicted octanol–water partition coefficient (Wildman–Crippen LogP) is 1.42. The molecule has 2 heterocycles. The second-order valence-electron chi connectivity index (χ2n) is 4.34. The van der Waals surface area contributed by atoms with Crippen molar-refractivity contribution < 1.29 is 9.90 Å². The first-order valence-electron chi connectivity index (χ1n) is 6.44. The molecule has 0 radical (unpaired) electrons. The van der Waals surface area contributed by atoms with E-state index in [0.29, 0.717) is 12.1 Å². The van der Waals surface area contributed by atoms with Crippen molar-refractivity contribution in [3.8, 4) is 11.8 Å². The van der Waals surface area contributed by atoms with Gasteiger partial charge in [0, 0.05) is 30.2 Å². The molecule has 1 unspecified atom stereocenters. The summed E-state index contributed by atoms with van der Waals surface area (Å²) in [6, 6.07) is 3.41. The summed E-state index contributed by atoms with van der Waals surface area (Å²) >= 11 is 1.56. The predicted molar refractivity (Wildman–Crippen MR) is 81.1 cm³/mol. The number of pyridine rings is 1. The molecule has 0 aliphatic heterocycles. The van der Waals surface area contributed by atoms with Crippen LogP contribution in [-0.2, 0) is 0 Å². The third-order valence-corrected chi connectivity index (χ3v) is 3.77. The monoisotopic (exact) mass is 301 g/mol. The zero-order chi connectivity index (χ0) is 15.1. The number of hydrogen-bond acceptors (Lipinski definition) is 5. The highest BCUT2D eigenvalue weighted by atomic mass is 32.1. The number of amides is 1. The van der Waals surface area contributed by atoms with E-state index in [4.69, 9.17) is 5.11 Å². The van der Waals surface area contributed by atoms with Gasteiger partial charge in [-0.25, -0.2) is 9.97 Å². The molecular formula is C15H15N3O2S. The molecule has 0 saturated heterocycles. The molecule has 2 aromatic heterocycles. The van der Waals surface area contributed by atoms with Crippen LogP contribution in [0.25, 0.3) is 0 Å². The van der Waals surface area contributed by atoms with Gasteiger partial charge in [-0.3, -0.25) is 4.79 Å². The standard InChI is InChI=1S/C15H15N3O2S/c1-11(15-17-7-9-21-15)10-18-14(20)13-12(5-3-8-19)4-2-6-16-13/h2,4,6-7,9,11,19H,8,10H2,1H3,(H,18,20). The highest BCUT2D eigenvalue weighted by molar-refractivity contribution is 7.09. The minimum atomic E-state index is -0.277. The third kappa shape index (κ3) is 4.12.